The number of H-pyrrole nitrogens is 1. The lowest BCUT2D eigenvalue weighted by molar-refractivity contribution is 0.0891. The zero-order valence-corrected chi connectivity index (χ0v) is 12.8. The average Bonchev–Trinajstić information content (AvgIpc) is 3.01. The van der Waals surface area contributed by atoms with Crippen LogP contribution < -0.4 is 0 Å². The van der Waals surface area contributed by atoms with Crippen LogP contribution in [0.2, 0.25) is 0 Å². The molecule has 7 heteroatoms. The molecule has 2 aromatic carbocycles. The molecule has 1 N–H and O–H groups in total. The van der Waals surface area contributed by atoms with Crippen LogP contribution in [0.3, 0.4) is 0 Å². The summed E-state index contributed by atoms with van der Waals surface area (Å²) in [7, 11) is -2.50. The molecular formula is C16H11FN2O3S. The van der Waals surface area contributed by atoms with Crippen LogP contribution >= 0.6 is 0 Å². The molecule has 116 valence electrons. The van der Waals surface area contributed by atoms with Crippen molar-refractivity contribution in [3.8, 4) is 11.1 Å². The van der Waals surface area contributed by atoms with E-state index in [1.165, 1.54) is 25.2 Å². The molecule has 0 radical (unpaired) electrons. The third kappa shape index (κ3) is 1.83. The highest BCUT2D eigenvalue weighted by Gasteiger charge is 2.38. The maximum absolute atomic E-state index is 13.3. The smallest absolute Gasteiger partial charge is 0.268 e. The highest BCUT2D eigenvalue weighted by Crippen LogP contribution is 2.35. The first-order valence-electron chi connectivity index (χ1n) is 6.84. The van der Waals surface area contributed by atoms with Crippen LogP contribution in [0, 0.1) is 5.82 Å². The number of sulfonamides is 1. The molecule has 5 nitrogen and oxygen atoms in total. The standard InChI is InChI=1S/C16H11FN2O3S/c1-19-16(20)12-6-9(2-5-15(12)23(19,21)22)13-8-18-14-7-10(17)3-4-11(13)14/h2-8,18H,1H3. The number of nitrogens with one attached hydrogen (secondary N) is 1. The van der Waals surface area contributed by atoms with Crippen molar-refractivity contribution in [3.63, 3.8) is 0 Å². The van der Waals surface area contributed by atoms with E-state index in [2.05, 4.69) is 4.98 Å². The maximum Gasteiger partial charge on any atom is 0.268 e. The van der Waals surface area contributed by atoms with Gasteiger partial charge in [0.2, 0.25) is 0 Å². The van der Waals surface area contributed by atoms with E-state index in [1.807, 2.05) is 0 Å². The largest absolute Gasteiger partial charge is 0.360 e. The van der Waals surface area contributed by atoms with Crippen molar-refractivity contribution in [1.82, 2.24) is 9.29 Å². The lowest BCUT2D eigenvalue weighted by Crippen LogP contribution is -2.24. The molecule has 0 saturated carbocycles. The predicted molar refractivity (Wildman–Crippen MR) is 83.0 cm³/mol. The number of hydrogen-bond donors (Lipinski definition) is 1. The summed E-state index contributed by atoms with van der Waals surface area (Å²) in [6.45, 7) is 0. The Morgan fingerprint density at radius 2 is 1.87 bits per heavy atom. The Kier molecular flexibility index (Phi) is 2.68. The summed E-state index contributed by atoms with van der Waals surface area (Å²) >= 11 is 0. The van der Waals surface area contributed by atoms with Gasteiger partial charge in [0.15, 0.2) is 0 Å². The van der Waals surface area contributed by atoms with Crippen molar-refractivity contribution in [1.29, 1.82) is 0 Å². The van der Waals surface area contributed by atoms with Crippen molar-refractivity contribution >= 4 is 26.8 Å². The molecule has 2 heterocycles. The number of aromatic nitrogens is 1. The average molecular weight is 330 g/mol. The first-order valence-corrected chi connectivity index (χ1v) is 8.28. The molecule has 1 aromatic heterocycles. The highest BCUT2D eigenvalue weighted by molar-refractivity contribution is 7.90. The van der Waals surface area contributed by atoms with Crippen molar-refractivity contribution in [2.45, 2.75) is 4.90 Å². The molecule has 0 fully saturated rings. The summed E-state index contributed by atoms with van der Waals surface area (Å²) < 4.78 is 38.2. The minimum Gasteiger partial charge on any atom is -0.360 e. The van der Waals surface area contributed by atoms with Gasteiger partial charge in [-0.1, -0.05) is 6.07 Å². The molecule has 1 aliphatic heterocycles. The van der Waals surface area contributed by atoms with Gasteiger partial charge < -0.3 is 4.98 Å². The van der Waals surface area contributed by atoms with Crippen molar-refractivity contribution in [2.24, 2.45) is 0 Å². The number of aromatic amines is 1. The molecule has 1 amide bonds. The van der Waals surface area contributed by atoms with Gasteiger partial charge in [-0.2, -0.15) is 0 Å². The Morgan fingerprint density at radius 3 is 2.65 bits per heavy atom. The van der Waals surface area contributed by atoms with Gasteiger partial charge >= 0.3 is 0 Å². The molecular weight excluding hydrogens is 319 g/mol. The predicted octanol–water partition coefficient (Wildman–Crippen LogP) is 2.75. The van der Waals surface area contributed by atoms with Crippen LogP contribution in [-0.2, 0) is 10.0 Å². The number of carbonyl (C=O) groups is 1. The minimum absolute atomic E-state index is 0.0136. The molecule has 0 atom stereocenters. The van der Waals surface area contributed by atoms with Crippen LogP contribution in [0.15, 0.2) is 47.5 Å². The number of hydrogen-bond acceptors (Lipinski definition) is 3. The zero-order chi connectivity index (χ0) is 16.4. The number of rotatable bonds is 1. The lowest BCUT2D eigenvalue weighted by atomic mass is 10.0. The third-order valence-corrected chi connectivity index (χ3v) is 5.89. The molecule has 23 heavy (non-hydrogen) atoms. The van der Waals surface area contributed by atoms with Crippen LogP contribution in [0.25, 0.3) is 22.0 Å². The van der Waals surface area contributed by atoms with E-state index in [0.717, 1.165) is 15.3 Å². The fraction of sp³-hybridized carbons (Fsp3) is 0.0625. The van der Waals surface area contributed by atoms with E-state index >= 15 is 0 Å². The maximum atomic E-state index is 13.3. The van der Waals surface area contributed by atoms with Crippen LogP contribution in [0.1, 0.15) is 10.4 Å². The molecule has 0 unspecified atom stereocenters. The van der Waals surface area contributed by atoms with Gasteiger partial charge in [0.25, 0.3) is 15.9 Å². The number of nitrogens with zero attached hydrogens (tertiary/aromatic N) is 1. The Hall–Kier alpha value is -2.67. The summed E-state index contributed by atoms with van der Waals surface area (Å²) in [5.74, 6) is -0.893. The Balaban J connectivity index is 1.94. The molecule has 0 aliphatic carbocycles. The van der Waals surface area contributed by atoms with Gasteiger partial charge in [-0.15, -0.1) is 0 Å². The third-order valence-electron chi connectivity index (χ3n) is 4.09. The number of carbonyl (C=O) groups excluding carboxylic acids is 1. The second kappa shape index (κ2) is 4.42. The summed E-state index contributed by atoms with van der Waals surface area (Å²) in [5, 5.41) is 0.799. The molecule has 0 spiro atoms. The second-order valence-corrected chi connectivity index (χ2v) is 7.32. The summed E-state index contributed by atoms with van der Waals surface area (Å²) in [4.78, 5) is 15.1. The van der Waals surface area contributed by atoms with E-state index in [9.17, 15) is 17.6 Å². The Morgan fingerprint density at radius 1 is 1.09 bits per heavy atom. The molecule has 4 rings (SSSR count). The van der Waals surface area contributed by atoms with Crippen molar-refractivity contribution in [3.05, 3.63) is 54.0 Å². The highest BCUT2D eigenvalue weighted by atomic mass is 32.2. The van der Waals surface area contributed by atoms with Crippen LogP contribution in [-0.4, -0.2) is 30.7 Å². The van der Waals surface area contributed by atoms with Crippen molar-refractivity contribution < 1.29 is 17.6 Å². The SMILES string of the molecule is CN1C(=O)c2cc(-c3c[nH]c4cc(F)ccc34)ccc2S1(=O)=O. The van der Waals surface area contributed by atoms with Gasteiger partial charge in [0, 0.05) is 29.7 Å². The van der Waals surface area contributed by atoms with Crippen LogP contribution in [0.5, 0.6) is 0 Å². The second-order valence-electron chi connectivity index (χ2n) is 5.38. The molecule has 3 aromatic rings. The van der Waals surface area contributed by atoms with Crippen LogP contribution in [0.4, 0.5) is 4.39 Å². The quantitative estimate of drug-likeness (QED) is 0.746. The Labute approximate surface area is 131 Å². The molecule has 1 aliphatic rings. The van der Waals surface area contributed by atoms with Gasteiger partial charge in [0.1, 0.15) is 10.7 Å². The van der Waals surface area contributed by atoms with E-state index in [-0.39, 0.29) is 16.3 Å². The normalized spacial score (nSPS) is 16.1. The number of amides is 1. The fourth-order valence-corrected chi connectivity index (χ4v) is 4.13. The van der Waals surface area contributed by atoms with E-state index in [1.54, 1.807) is 24.4 Å². The fourth-order valence-electron chi connectivity index (χ4n) is 2.85. The van der Waals surface area contributed by atoms with Gasteiger partial charge in [-0.3, -0.25) is 4.79 Å². The topological polar surface area (TPSA) is 70.2 Å². The summed E-state index contributed by atoms with van der Waals surface area (Å²) in [5.41, 5.74) is 2.26. The first-order chi connectivity index (χ1) is 10.9. The van der Waals surface area contributed by atoms with Crippen molar-refractivity contribution in [2.75, 3.05) is 7.05 Å². The lowest BCUT2D eigenvalue weighted by Gasteiger charge is -2.05. The number of fused-ring (bicyclic) bond motifs is 2. The van der Waals surface area contributed by atoms with E-state index in [4.69, 9.17) is 0 Å². The monoisotopic (exact) mass is 330 g/mol. The summed E-state index contributed by atoms with van der Waals surface area (Å²) in [6.07, 6.45) is 1.71. The number of halogens is 1. The zero-order valence-electron chi connectivity index (χ0n) is 12.0. The van der Waals surface area contributed by atoms with Gasteiger partial charge in [-0.25, -0.2) is 17.1 Å². The number of benzene rings is 2. The molecule has 0 bridgehead atoms. The first kappa shape index (κ1) is 14.0. The van der Waals surface area contributed by atoms with E-state index in [0.29, 0.717) is 11.1 Å². The minimum atomic E-state index is -3.74. The van der Waals surface area contributed by atoms with E-state index < -0.39 is 15.9 Å². The Bertz CT molecular complexity index is 1090. The summed E-state index contributed by atoms with van der Waals surface area (Å²) in [6, 6.07) is 9.03. The molecule has 0 saturated heterocycles. The van der Waals surface area contributed by atoms with Gasteiger partial charge in [0.05, 0.1) is 5.56 Å². The van der Waals surface area contributed by atoms with Gasteiger partial charge in [-0.05, 0) is 35.9 Å².